The molecule has 0 saturated heterocycles. The average Bonchev–Trinajstić information content (AvgIpc) is 2.57. The monoisotopic (exact) mass is 331 g/mol. The number of allylic oxidation sites excluding steroid dienone is 2. The molecule has 2 N–H and O–H groups in total. The molecule has 1 rings (SSSR count). The van der Waals surface area contributed by atoms with Gasteiger partial charge in [0.1, 0.15) is 6.04 Å². The standard InChI is InChI=1S/C18H21NO5/c1-24-18(23)15(11-7-13-17(21)22)19-16(20)12-6-5-10-14-8-3-2-4-9-14/h2-6,8-10,12,15H,7,11,13H2,1H3,(H,19,20)(H,21,22)/b10-5+,12-6+. The van der Waals surface area contributed by atoms with Gasteiger partial charge in [0.05, 0.1) is 7.11 Å². The summed E-state index contributed by atoms with van der Waals surface area (Å²) in [6.07, 6.45) is 6.83. The second-order valence-corrected chi connectivity index (χ2v) is 5.00. The predicted octanol–water partition coefficient (Wildman–Crippen LogP) is 2.17. The Morgan fingerprint density at radius 3 is 2.54 bits per heavy atom. The minimum absolute atomic E-state index is 0.0704. The molecular formula is C18H21NO5. The second kappa shape index (κ2) is 10.8. The first-order valence-electron chi connectivity index (χ1n) is 7.53. The Labute approximate surface area is 140 Å². The van der Waals surface area contributed by atoms with Gasteiger partial charge < -0.3 is 15.2 Å². The van der Waals surface area contributed by atoms with Crippen LogP contribution >= 0.6 is 0 Å². The van der Waals surface area contributed by atoms with Gasteiger partial charge in [0.25, 0.3) is 0 Å². The van der Waals surface area contributed by atoms with E-state index < -0.39 is 23.9 Å². The molecule has 0 aliphatic carbocycles. The van der Waals surface area contributed by atoms with Crippen LogP contribution in [0, 0.1) is 0 Å². The van der Waals surface area contributed by atoms with Crippen molar-refractivity contribution < 1.29 is 24.2 Å². The number of aliphatic carboxylic acids is 1. The molecule has 0 heterocycles. The maximum atomic E-state index is 11.8. The summed E-state index contributed by atoms with van der Waals surface area (Å²) < 4.78 is 4.62. The van der Waals surface area contributed by atoms with Crippen LogP contribution in [-0.4, -0.2) is 36.1 Å². The highest BCUT2D eigenvalue weighted by molar-refractivity contribution is 5.91. The molecule has 0 aliphatic rings. The quantitative estimate of drug-likeness (QED) is 0.411. The fourth-order valence-electron chi connectivity index (χ4n) is 1.94. The number of amides is 1. The topological polar surface area (TPSA) is 92.7 Å². The fourth-order valence-corrected chi connectivity index (χ4v) is 1.94. The first-order chi connectivity index (χ1) is 11.5. The maximum Gasteiger partial charge on any atom is 0.328 e. The van der Waals surface area contributed by atoms with Crippen LogP contribution in [-0.2, 0) is 19.1 Å². The van der Waals surface area contributed by atoms with Crippen molar-refractivity contribution in [3.8, 4) is 0 Å². The molecule has 1 aromatic rings. The summed E-state index contributed by atoms with van der Waals surface area (Å²) in [5, 5.41) is 11.1. The lowest BCUT2D eigenvalue weighted by Gasteiger charge is -2.14. The van der Waals surface area contributed by atoms with Crippen molar-refractivity contribution in [2.24, 2.45) is 0 Å². The molecule has 128 valence electrons. The van der Waals surface area contributed by atoms with E-state index in [1.807, 2.05) is 36.4 Å². The molecule has 0 aromatic heterocycles. The number of carbonyl (C=O) groups excluding carboxylic acids is 2. The van der Waals surface area contributed by atoms with Crippen molar-refractivity contribution in [1.82, 2.24) is 5.32 Å². The molecule has 1 unspecified atom stereocenters. The number of esters is 1. The Bertz CT molecular complexity index is 607. The van der Waals surface area contributed by atoms with E-state index in [1.165, 1.54) is 13.2 Å². The van der Waals surface area contributed by atoms with Gasteiger partial charge in [-0.05, 0) is 18.4 Å². The third-order valence-electron chi connectivity index (χ3n) is 3.13. The number of carbonyl (C=O) groups is 3. The van der Waals surface area contributed by atoms with Crippen molar-refractivity contribution in [3.05, 3.63) is 54.1 Å². The Balaban J connectivity index is 2.51. The highest BCUT2D eigenvalue weighted by atomic mass is 16.5. The molecule has 6 heteroatoms. The third kappa shape index (κ3) is 7.93. The van der Waals surface area contributed by atoms with E-state index in [2.05, 4.69) is 10.1 Å². The number of carboxylic acids is 1. The van der Waals surface area contributed by atoms with Gasteiger partial charge in [-0.15, -0.1) is 0 Å². The normalized spacial score (nSPS) is 12.2. The lowest BCUT2D eigenvalue weighted by molar-refractivity contribution is -0.145. The molecule has 0 fully saturated rings. The molecule has 1 amide bonds. The summed E-state index contributed by atoms with van der Waals surface area (Å²) in [6.45, 7) is 0. The van der Waals surface area contributed by atoms with Crippen LogP contribution in [0.2, 0.25) is 0 Å². The van der Waals surface area contributed by atoms with Gasteiger partial charge in [-0.3, -0.25) is 9.59 Å². The zero-order valence-corrected chi connectivity index (χ0v) is 13.5. The first-order valence-corrected chi connectivity index (χ1v) is 7.53. The van der Waals surface area contributed by atoms with Crippen LogP contribution in [0.5, 0.6) is 0 Å². The predicted molar refractivity (Wildman–Crippen MR) is 90.0 cm³/mol. The summed E-state index contributed by atoms with van der Waals surface area (Å²) in [6, 6.07) is 8.74. The number of ether oxygens (including phenoxy) is 1. The number of carboxylic acid groups (broad SMARTS) is 1. The highest BCUT2D eigenvalue weighted by Crippen LogP contribution is 2.04. The zero-order chi connectivity index (χ0) is 17.8. The van der Waals surface area contributed by atoms with Gasteiger partial charge in [-0.25, -0.2) is 4.79 Å². The van der Waals surface area contributed by atoms with Crippen molar-refractivity contribution in [3.63, 3.8) is 0 Å². The molecule has 24 heavy (non-hydrogen) atoms. The van der Waals surface area contributed by atoms with E-state index in [-0.39, 0.29) is 19.3 Å². The minimum atomic E-state index is -0.948. The van der Waals surface area contributed by atoms with Gasteiger partial charge in [0, 0.05) is 12.5 Å². The van der Waals surface area contributed by atoms with E-state index in [9.17, 15) is 14.4 Å². The molecular weight excluding hydrogens is 310 g/mol. The van der Waals surface area contributed by atoms with Crippen LogP contribution in [0.15, 0.2) is 48.6 Å². The largest absolute Gasteiger partial charge is 0.481 e. The van der Waals surface area contributed by atoms with E-state index in [1.54, 1.807) is 12.2 Å². The van der Waals surface area contributed by atoms with E-state index in [0.717, 1.165) is 5.56 Å². The number of hydrogen-bond acceptors (Lipinski definition) is 4. The Morgan fingerprint density at radius 2 is 1.92 bits per heavy atom. The fraction of sp³-hybridized carbons (Fsp3) is 0.278. The molecule has 0 bridgehead atoms. The Kier molecular flexibility index (Phi) is 8.60. The van der Waals surface area contributed by atoms with Gasteiger partial charge in [-0.2, -0.15) is 0 Å². The Hall–Kier alpha value is -2.89. The summed E-state index contributed by atoms with van der Waals surface area (Å²) in [5.74, 6) is -1.99. The molecule has 0 spiro atoms. The SMILES string of the molecule is COC(=O)C(CCCC(=O)O)NC(=O)/C=C/C=C/c1ccccc1. The molecule has 6 nitrogen and oxygen atoms in total. The van der Waals surface area contributed by atoms with E-state index in [4.69, 9.17) is 5.11 Å². The lowest BCUT2D eigenvalue weighted by atomic mass is 10.1. The van der Waals surface area contributed by atoms with Gasteiger partial charge in [-0.1, -0.05) is 48.6 Å². The second-order valence-electron chi connectivity index (χ2n) is 5.00. The maximum absolute atomic E-state index is 11.8. The van der Waals surface area contributed by atoms with Crippen LogP contribution in [0.3, 0.4) is 0 Å². The number of rotatable bonds is 9. The molecule has 1 atom stereocenters. The number of methoxy groups -OCH3 is 1. The van der Waals surface area contributed by atoms with Gasteiger partial charge in [0.15, 0.2) is 0 Å². The number of nitrogens with one attached hydrogen (secondary N) is 1. The number of benzene rings is 1. The van der Waals surface area contributed by atoms with E-state index >= 15 is 0 Å². The third-order valence-corrected chi connectivity index (χ3v) is 3.13. The lowest BCUT2D eigenvalue weighted by Crippen LogP contribution is -2.40. The van der Waals surface area contributed by atoms with Crippen LogP contribution < -0.4 is 5.32 Å². The Morgan fingerprint density at radius 1 is 1.21 bits per heavy atom. The molecule has 0 aliphatic heterocycles. The van der Waals surface area contributed by atoms with Crippen molar-refractivity contribution >= 4 is 23.9 Å². The van der Waals surface area contributed by atoms with Gasteiger partial charge >= 0.3 is 11.9 Å². The molecule has 0 saturated carbocycles. The summed E-state index contributed by atoms with van der Waals surface area (Å²) in [7, 11) is 1.22. The van der Waals surface area contributed by atoms with Crippen LogP contribution in [0.4, 0.5) is 0 Å². The number of hydrogen-bond donors (Lipinski definition) is 2. The zero-order valence-electron chi connectivity index (χ0n) is 13.5. The van der Waals surface area contributed by atoms with E-state index in [0.29, 0.717) is 0 Å². The first kappa shape index (κ1) is 19.2. The highest BCUT2D eigenvalue weighted by Gasteiger charge is 2.20. The van der Waals surface area contributed by atoms with Crippen molar-refractivity contribution in [2.75, 3.05) is 7.11 Å². The summed E-state index contributed by atoms with van der Waals surface area (Å²) in [4.78, 5) is 34.0. The van der Waals surface area contributed by atoms with Crippen LogP contribution in [0.1, 0.15) is 24.8 Å². The molecule has 0 radical (unpaired) electrons. The summed E-state index contributed by atoms with van der Waals surface area (Å²) >= 11 is 0. The van der Waals surface area contributed by atoms with Crippen LogP contribution in [0.25, 0.3) is 6.08 Å². The minimum Gasteiger partial charge on any atom is -0.481 e. The summed E-state index contributed by atoms with van der Waals surface area (Å²) in [5.41, 5.74) is 1.00. The average molecular weight is 331 g/mol. The smallest absolute Gasteiger partial charge is 0.328 e. The van der Waals surface area contributed by atoms with Crippen molar-refractivity contribution in [2.45, 2.75) is 25.3 Å². The van der Waals surface area contributed by atoms with Crippen molar-refractivity contribution in [1.29, 1.82) is 0 Å². The molecule has 1 aromatic carbocycles. The van der Waals surface area contributed by atoms with Gasteiger partial charge in [0.2, 0.25) is 5.91 Å².